The Morgan fingerprint density at radius 1 is 1.18 bits per heavy atom. The van der Waals surface area contributed by atoms with E-state index in [0.29, 0.717) is 17.7 Å². The molecule has 1 aromatic carbocycles. The number of aryl methyl sites for hydroxylation is 1. The number of hydrogen-bond donors (Lipinski definition) is 0. The first-order valence-electron chi connectivity index (χ1n) is 8.34. The lowest BCUT2D eigenvalue weighted by atomic mass is 10.0. The number of ether oxygens (including phenoxy) is 1. The SMILES string of the molecule is CCOC(=O)c1cc(C(F)(F)F)cc(CN2C(=O)c3cccc(C)c3C2=O)n1. The van der Waals surface area contributed by atoms with Crippen LogP contribution in [0.2, 0.25) is 0 Å². The number of amides is 2. The van der Waals surface area contributed by atoms with Crippen molar-refractivity contribution in [3.8, 4) is 0 Å². The monoisotopic (exact) mass is 392 g/mol. The van der Waals surface area contributed by atoms with Crippen molar-refractivity contribution in [2.24, 2.45) is 0 Å². The molecule has 0 saturated carbocycles. The molecule has 0 radical (unpaired) electrons. The molecule has 2 heterocycles. The van der Waals surface area contributed by atoms with Crippen molar-refractivity contribution in [3.05, 3.63) is 64.0 Å². The van der Waals surface area contributed by atoms with Gasteiger partial charge >= 0.3 is 12.1 Å². The summed E-state index contributed by atoms with van der Waals surface area (Å²) in [5.74, 6) is -2.26. The number of pyridine rings is 1. The highest BCUT2D eigenvalue weighted by atomic mass is 19.4. The van der Waals surface area contributed by atoms with Gasteiger partial charge in [-0.15, -0.1) is 0 Å². The Bertz CT molecular complexity index is 986. The molecule has 0 aliphatic carbocycles. The molecule has 146 valence electrons. The first-order chi connectivity index (χ1) is 13.1. The number of hydrogen-bond acceptors (Lipinski definition) is 5. The van der Waals surface area contributed by atoms with Gasteiger partial charge in [-0.1, -0.05) is 12.1 Å². The van der Waals surface area contributed by atoms with Gasteiger partial charge in [0.1, 0.15) is 5.69 Å². The fraction of sp³-hybridized carbons (Fsp3) is 0.263. The highest BCUT2D eigenvalue weighted by Crippen LogP contribution is 2.31. The van der Waals surface area contributed by atoms with Gasteiger partial charge in [-0.25, -0.2) is 9.78 Å². The average Bonchev–Trinajstić information content (AvgIpc) is 2.87. The molecular formula is C19H15F3N2O4. The van der Waals surface area contributed by atoms with Crippen molar-refractivity contribution in [1.82, 2.24) is 9.88 Å². The molecule has 0 spiro atoms. The Balaban J connectivity index is 1.99. The lowest BCUT2D eigenvalue weighted by Crippen LogP contribution is -2.30. The van der Waals surface area contributed by atoms with Crippen LogP contribution in [0.3, 0.4) is 0 Å². The van der Waals surface area contributed by atoms with E-state index < -0.39 is 41.8 Å². The Labute approximate surface area is 157 Å². The van der Waals surface area contributed by atoms with Crippen molar-refractivity contribution in [3.63, 3.8) is 0 Å². The lowest BCUT2D eigenvalue weighted by molar-refractivity contribution is -0.137. The Morgan fingerprint density at radius 2 is 1.89 bits per heavy atom. The summed E-state index contributed by atoms with van der Waals surface area (Å²) >= 11 is 0. The smallest absolute Gasteiger partial charge is 0.416 e. The Morgan fingerprint density at radius 3 is 2.50 bits per heavy atom. The van der Waals surface area contributed by atoms with Crippen LogP contribution < -0.4 is 0 Å². The summed E-state index contributed by atoms with van der Waals surface area (Å²) in [6.07, 6.45) is -4.74. The minimum Gasteiger partial charge on any atom is -0.461 e. The zero-order chi connectivity index (χ0) is 20.6. The van der Waals surface area contributed by atoms with Gasteiger partial charge < -0.3 is 4.74 Å². The van der Waals surface area contributed by atoms with Gasteiger partial charge in [-0.3, -0.25) is 14.5 Å². The van der Waals surface area contributed by atoms with Crippen molar-refractivity contribution in [2.45, 2.75) is 26.6 Å². The average molecular weight is 392 g/mol. The van der Waals surface area contributed by atoms with Crippen molar-refractivity contribution >= 4 is 17.8 Å². The third kappa shape index (κ3) is 3.47. The molecule has 0 unspecified atom stereocenters. The number of alkyl halides is 3. The zero-order valence-electron chi connectivity index (χ0n) is 15.0. The number of carbonyl (C=O) groups excluding carboxylic acids is 3. The number of carbonyl (C=O) groups is 3. The van der Waals surface area contributed by atoms with Gasteiger partial charge in [0.2, 0.25) is 0 Å². The van der Waals surface area contributed by atoms with E-state index in [-0.39, 0.29) is 23.4 Å². The molecule has 2 aromatic rings. The number of benzene rings is 1. The number of nitrogens with zero attached hydrogens (tertiary/aromatic N) is 2. The molecule has 0 N–H and O–H groups in total. The predicted molar refractivity (Wildman–Crippen MR) is 90.6 cm³/mol. The largest absolute Gasteiger partial charge is 0.461 e. The van der Waals surface area contributed by atoms with Crippen LogP contribution in [0.15, 0.2) is 30.3 Å². The van der Waals surface area contributed by atoms with Gasteiger partial charge in [0, 0.05) is 0 Å². The maximum absolute atomic E-state index is 13.2. The van der Waals surface area contributed by atoms with Gasteiger partial charge in [0.05, 0.1) is 35.5 Å². The number of halogens is 3. The van der Waals surface area contributed by atoms with E-state index in [1.807, 2.05) is 0 Å². The summed E-state index contributed by atoms with van der Waals surface area (Å²) in [6.45, 7) is 2.63. The fourth-order valence-corrected chi connectivity index (χ4v) is 2.95. The summed E-state index contributed by atoms with van der Waals surface area (Å²) in [5, 5.41) is 0. The first-order valence-corrected chi connectivity index (χ1v) is 8.34. The standard InChI is InChI=1S/C19H15F3N2O4/c1-3-28-18(27)14-8-11(19(20,21)22)7-12(23-14)9-24-16(25)13-6-4-5-10(2)15(13)17(24)26/h4-8H,3,9H2,1-2H3. The van der Waals surface area contributed by atoms with Crippen molar-refractivity contribution in [1.29, 1.82) is 0 Å². The molecule has 1 aliphatic rings. The van der Waals surface area contributed by atoms with E-state index in [1.54, 1.807) is 19.1 Å². The molecule has 28 heavy (non-hydrogen) atoms. The molecule has 2 amide bonds. The van der Waals surface area contributed by atoms with Crippen LogP contribution in [0.1, 0.15) is 54.9 Å². The summed E-state index contributed by atoms with van der Waals surface area (Å²) in [4.78, 5) is 41.7. The Kier molecular flexibility index (Phi) is 4.93. The molecule has 6 nitrogen and oxygen atoms in total. The number of fused-ring (bicyclic) bond motifs is 1. The summed E-state index contributed by atoms with van der Waals surface area (Å²) in [7, 11) is 0. The van der Waals surface area contributed by atoms with Crippen LogP contribution in [-0.2, 0) is 17.5 Å². The highest BCUT2D eigenvalue weighted by Gasteiger charge is 2.38. The second kappa shape index (κ2) is 7.06. The normalized spacial score (nSPS) is 13.7. The summed E-state index contributed by atoms with van der Waals surface area (Å²) in [5.41, 5.74) is -0.923. The number of aromatic nitrogens is 1. The van der Waals surface area contributed by atoms with Crippen LogP contribution in [-0.4, -0.2) is 34.3 Å². The topological polar surface area (TPSA) is 76.6 Å². The van der Waals surface area contributed by atoms with Crippen molar-refractivity contribution in [2.75, 3.05) is 6.61 Å². The Hall–Kier alpha value is -3.23. The van der Waals surface area contributed by atoms with E-state index in [1.165, 1.54) is 13.0 Å². The second-order valence-corrected chi connectivity index (χ2v) is 6.14. The van der Waals surface area contributed by atoms with Crippen molar-refractivity contribution < 1.29 is 32.3 Å². The maximum Gasteiger partial charge on any atom is 0.416 e. The molecular weight excluding hydrogens is 377 g/mol. The second-order valence-electron chi connectivity index (χ2n) is 6.14. The highest BCUT2D eigenvalue weighted by molar-refractivity contribution is 6.21. The molecule has 1 aliphatic heterocycles. The number of esters is 1. The van der Waals surface area contributed by atoms with Crippen LogP contribution in [0, 0.1) is 6.92 Å². The van der Waals surface area contributed by atoms with E-state index in [4.69, 9.17) is 4.74 Å². The van der Waals surface area contributed by atoms with E-state index >= 15 is 0 Å². The van der Waals surface area contributed by atoms with Gasteiger partial charge in [-0.05, 0) is 37.6 Å². The third-order valence-corrected chi connectivity index (χ3v) is 4.22. The van der Waals surface area contributed by atoms with Crippen LogP contribution in [0.4, 0.5) is 13.2 Å². The lowest BCUT2D eigenvalue weighted by Gasteiger charge is -2.16. The molecule has 3 rings (SSSR count). The van der Waals surface area contributed by atoms with Crippen LogP contribution in [0.25, 0.3) is 0 Å². The predicted octanol–water partition coefficient (Wildman–Crippen LogP) is 3.38. The number of imide groups is 1. The molecule has 0 atom stereocenters. The van der Waals surface area contributed by atoms with E-state index in [0.717, 1.165) is 4.90 Å². The quantitative estimate of drug-likeness (QED) is 0.589. The minimum atomic E-state index is -4.74. The first kappa shape index (κ1) is 19.5. The van der Waals surface area contributed by atoms with Crippen LogP contribution in [0.5, 0.6) is 0 Å². The van der Waals surface area contributed by atoms with Gasteiger partial charge in [0.25, 0.3) is 11.8 Å². The molecule has 0 fully saturated rings. The zero-order valence-corrected chi connectivity index (χ0v) is 15.0. The molecule has 0 saturated heterocycles. The van der Waals surface area contributed by atoms with Gasteiger partial charge in [0.15, 0.2) is 0 Å². The molecule has 0 bridgehead atoms. The molecule has 9 heteroatoms. The van der Waals surface area contributed by atoms with E-state index in [9.17, 15) is 27.6 Å². The minimum absolute atomic E-state index is 0.0379. The molecule has 1 aromatic heterocycles. The number of rotatable bonds is 4. The fourth-order valence-electron chi connectivity index (χ4n) is 2.95. The summed E-state index contributed by atoms with van der Waals surface area (Å²) < 4.78 is 44.3. The van der Waals surface area contributed by atoms with E-state index in [2.05, 4.69) is 4.98 Å². The maximum atomic E-state index is 13.2. The summed E-state index contributed by atoms with van der Waals surface area (Å²) in [6, 6.07) is 6.04. The van der Waals surface area contributed by atoms with Gasteiger partial charge in [-0.2, -0.15) is 13.2 Å². The van der Waals surface area contributed by atoms with Crippen LogP contribution >= 0.6 is 0 Å². The third-order valence-electron chi connectivity index (χ3n) is 4.22.